The van der Waals surface area contributed by atoms with Crippen molar-refractivity contribution in [2.24, 2.45) is 5.73 Å². The van der Waals surface area contributed by atoms with Crippen molar-refractivity contribution >= 4 is 34.2 Å². The van der Waals surface area contributed by atoms with Crippen LogP contribution in [0.15, 0.2) is 46.9 Å². The van der Waals surface area contributed by atoms with Crippen LogP contribution in [0.3, 0.4) is 0 Å². The zero-order chi connectivity index (χ0) is 17.3. The number of aryl methyl sites for hydroxylation is 1. The first-order valence-electron chi connectivity index (χ1n) is 7.42. The number of ether oxygens (including phenoxy) is 1. The van der Waals surface area contributed by atoms with Crippen LogP contribution in [0.25, 0.3) is 11.0 Å². The molecule has 0 bridgehead atoms. The normalized spacial score (nSPS) is 10.8. The van der Waals surface area contributed by atoms with Crippen molar-refractivity contribution in [1.29, 1.82) is 5.41 Å². The lowest BCUT2D eigenvalue weighted by molar-refractivity contribution is 0.414. The Morgan fingerprint density at radius 1 is 1.29 bits per heavy atom. The van der Waals surface area contributed by atoms with Crippen LogP contribution in [0.5, 0.6) is 5.75 Å². The third-order valence-corrected chi connectivity index (χ3v) is 4.24. The number of furan rings is 1. The van der Waals surface area contributed by atoms with Crippen molar-refractivity contribution in [3.05, 3.63) is 58.8 Å². The highest BCUT2D eigenvalue weighted by Gasteiger charge is 2.19. The molecule has 5 nitrogen and oxygen atoms in total. The van der Waals surface area contributed by atoms with Gasteiger partial charge in [-0.2, -0.15) is 0 Å². The monoisotopic (exact) mass is 343 g/mol. The van der Waals surface area contributed by atoms with Crippen molar-refractivity contribution in [3.8, 4) is 5.75 Å². The van der Waals surface area contributed by atoms with Gasteiger partial charge in [0.05, 0.1) is 19.3 Å². The molecule has 0 saturated heterocycles. The highest BCUT2D eigenvalue weighted by Crippen LogP contribution is 2.35. The maximum absolute atomic E-state index is 7.93. The highest BCUT2D eigenvalue weighted by atomic mass is 35.5. The second-order valence-corrected chi connectivity index (χ2v) is 5.90. The number of anilines is 1. The lowest BCUT2D eigenvalue weighted by atomic mass is 10.2. The number of para-hydroxylation sites is 1. The number of hydrogen-bond donors (Lipinski definition) is 2. The number of fused-ring (bicyclic) bond motifs is 1. The Labute approximate surface area is 145 Å². The van der Waals surface area contributed by atoms with E-state index >= 15 is 0 Å². The molecule has 0 atom stereocenters. The second kappa shape index (κ2) is 6.45. The first-order chi connectivity index (χ1) is 11.5. The molecule has 0 aliphatic rings. The summed E-state index contributed by atoms with van der Waals surface area (Å²) in [5, 5.41) is 9.52. The van der Waals surface area contributed by atoms with E-state index in [-0.39, 0.29) is 5.96 Å². The van der Waals surface area contributed by atoms with E-state index in [4.69, 9.17) is 31.9 Å². The SMILES string of the molecule is COc1cc(C)c(Cl)cc1N(Cc1cc2ccccc2o1)C(=N)N. The van der Waals surface area contributed by atoms with Crippen LogP contribution in [0.4, 0.5) is 5.69 Å². The number of nitrogens with zero attached hydrogens (tertiary/aromatic N) is 1. The van der Waals surface area contributed by atoms with E-state index in [0.717, 1.165) is 16.5 Å². The summed E-state index contributed by atoms with van der Waals surface area (Å²) in [4.78, 5) is 1.60. The van der Waals surface area contributed by atoms with Crippen LogP contribution in [-0.2, 0) is 6.54 Å². The minimum absolute atomic E-state index is 0.117. The molecule has 0 amide bonds. The number of nitrogens with two attached hydrogens (primary N) is 1. The minimum atomic E-state index is -0.117. The van der Waals surface area contributed by atoms with Crippen LogP contribution in [0.1, 0.15) is 11.3 Å². The summed E-state index contributed by atoms with van der Waals surface area (Å²) in [6, 6.07) is 13.3. The average molecular weight is 344 g/mol. The summed E-state index contributed by atoms with van der Waals surface area (Å²) in [7, 11) is 1.58. The number of rotatable bonds is 4. The number of guanidine groups is 1. The third-order valence-electron chi connectivity index (χ3n) is 3.83. The maximum atomic E-state index is 7.93. The summed E-state index contributed by atoms with van der Waals surface area (Å²) >= 11 is 6.24. The van der Waals surface area contributed by atoms with E-state index in [9.17, 15) is 0 Å². The molecule has 1 aromatic heterocycles. The lowest BCUT2D eigenvalue weighted by Crippen LogP contribution is -2.36. The molecule has 3 aromatic rings. The van der Waals surface area contributed by atoms with Crippen LogP contribution >= 0.6 is 11.6 Å². The molecule has 2 aromatic carbocycles. The second-order valence-electron chi connectivity index (χ2n) is 5.50. The molecule has 0 saturated carbocycles. The van der Waals surface area contributed by atoms with Crippen LogP contribution < -0.4 is 15.4 Å². The van der Waals surface area contributed by atoms with Gasteiger partial charge in [-0.25, -0.2) is 0 Å². The molecule has 0 aliphatic heterocycles. The predicted molar refractivity (Wildman–Crippen MR) is 97.1 cm³/mol. The van der Waals surface area contributed by atoms with Crippen LogP contribution in [0.2, 0.25) is 5.02 Å². The Kier molecular flexibility index (Phi) is 4.36. The van der Waals surface area contributed by atoms with Gasteiger partial charge in [-0.1, -0.05) is 29.8 Å². The third kappa shape index (κ3) is 3.03. The molecule has 0 spiro atoms. The molecule has 0 radical (unpaired) electrons. The smallest absolute Gasteiger partial charge is 0.193 e. The van der Waals surface area contributed by atoms with Crippen LogP contribution in [-0.4, -0.2) is 13.1 Å². The van der Waals surface area contributed by atoms with Crippen molar-refractivity contribution in [1.82, 2.24) is 0 Å². The molecular weight excluding hydrogens is 326 g/mol. The summed E-state index contributed by atoms with van der Waals surface area (Å²) in [5.41, 5.74) is 8.11. The molecule has 0 aliphatic carbocycles. The number of hydrogen-bond acceptors (Lipinski definition) is 3. The van der Waals surface area contributed by atoms with E-state index in [0.29, 0.717) is 28.8 Å². The van der Waals surface area contributed by atoms with E-state index < -0.39 is 0 Å². The molecule has 0 fully saturated rings. The molecule has 6 heteroatoms. The summed E-state index contributed by atoms with van der Waals surface area (Å²) in [6.07, 6.45) is 0. The number of benzene rings is 2. The molecule has 24 heavy (non-hydrogen) atoms. The first-order valence-corrected chi connectivity index (χ1v) is 7.80. The fourth-order valence-electron chi connectivity index (χ4n) is 2.59. The van der Waals surface area contributed by atoms with Crippen LogP contribution in [0, 0.1) is 12.3 Å². The predicted octanol–water partition coefficient (Wildman–Crippen LogP) is 4.30. The maximum Gasteiger partial charge on any atom is 0.193 e. The fourth-order valence-corrected chi connectivity index (χ4v) is 2.75. The lowest BCUT2D eigenvalue weighted by Gasteiger charge is -2.24. The van der Waals surface area contributed by atoms with Crippen molar-refractivity contribution in [2.75, 3.05) is 12.0 Å². The average Bonchev–Trinajstić information content (AvgIpc) is 2.97. The minimum Gasteiger partial charge on any atom is -0.495 e. The zero-order valence-electron chi connectivity index (χ0n) is 13.5. The van der Waals surface area contributed by atoms with E-state index in [1.54, 1.807) is 18.1 Å². The largest absolute Gasteiger partial charge is 0.495 e. The molecule has 1 heterocycles. The Bertz CT molecular complexity index is 871. The molecule has 0 unspecified atom stereocenters. The van der Waals surface area contributed by atoms with Gasteiger partial charge in [0.25, 0.3) is 0 Å². The molecule has 3 rings (SSSR count). The molecule has 3 N–H and O–H groups in total. The quantitative estimate of drug-likeness (QED) is 0.547. The van der Waals surface area contributed by atoms with Gasteiger partial charge in [0.2, 0.25) is 0 Å². The summed E-state index contributed by atoms with van der Waals surface area (Å²) in [6.45, 7) is 2.20. The molecular formula is C18H18ClN3O2. The van der Waals surface area contributed by atoms with Gasteiger partial charge in [-0.05, 0) is 36.8 Å². The zero-order valence-corrected chi connectivity index (χ0v) is 14.2. The van der Waals surface area contributed by atoms with Gasteiger partial charge in [-0.3, -0.25) is 5.41 Å². The Morgan fingerprint density at radius 3 is 2.71 bits per heavy atom. The van der Waals surface area contributed by atoms with Gasteiger partial charge in [0, 0.05) is 10.4 Å². The summed E-state index contributed by atoms with van der Waals surface area (Å²) < 4.78 is 11.3. The van der Waals surface area contributed by atoms with E-state index in [1.807, 2.05) is 43.3 Å². The molecule has 124 valence electrons. The van der Waals surface area contributed by atoms with Gasteiger partial charge in [-0.15, -0.1) is 0 Å². The van der Waals surface area contributed by atoms with E-state index in [1.165, 1.54) is 0 Å². The van der Waals surface area contributed by atoms with Gasteiger partial charge in [0.1, 0.15) is 17.1 Å². The van der Waals surface area contributed by atoms with Gasteiger partial charge >= 0.3 is 0 Å². The highest BCUT2D eigenvalue weighted by molar-refractivity contribution is 6.31. The topological polar surface area (TPSA) is 75.5 Å². The first kappa shape index (κ1) is 16.2. The Hall–Kier alpha value is -2.66. The van der Waals surface area contributed by atoms with Crippen molar-refractivity contribution in [3.63, 3.8) is 0 Å². The van der Waals surface area contributed by atoms with Crippen molar-refractivity contribution in [2.45, 2.75) is 13.5 Å². The van der Waals surface area contributed by atoms with Gasteiger partial charge < -0.3 is 19.8 Å². The van der Waals surface area contributed by atoms with Gasteiger partial charge in [0.15, 0.2) is 5.96 Å². The standard InChI is InChI=1S/C18H18ClN3O2/c1-11-7-17(23-2)15(9-14(11)19)22(18(20)21)10-13-8-12-5-3-4-6-16(12)24-13/h3-9H,10H2,1-2H3,(H3,20,21). The number of nitrogens with one attached hydrogen (secondary N) is 1. The summed E-state index contributed by atoms with van der Waals surface area (Å²) in [5.74, 6) is 1.18. The van der Waals surface area contributed by atoms with E-state index in [2.05, 4.69) is 0 Å². The fraction of sp³-hybridized carbons (Fsp3) is 0.167. The number of methoxy groups -OCH3 is 1. The number of halogens is 1. The van der Waals surface area contributed by atoms with Crippen molar-refractivity contribution < 1.29 is 9.15 Å². The Morgan fingerprint density at radius 2 is 2.04 bits per heavy atom. The Balaban J connectivity index is 2.01.